The van der Waals surface area contributed by atoms with Crippen LogP contribution in [0.2, 0.25) is 0 Å². The maximum Gasteiger partial charge on any atom is 0.338 e. The number of carbonyl (C=O) groups excluding carboxylic acids is 1. The van der Waals surface area contributed by atoms with E-state index in [0.29, 0.717) is 22.7 Å². The molecule has 0 atom stereocenters. The van der Waals surface area contributed by atoms with E-state index in [4.69, 9.17) is 4.74 Å². The highest BCUT2D eigenvalue weighted by atomic mass is 16.5. The average molecular weight is 376 g/mol. The molecule has 3 aromatic rings. The maximum atomic E-state index is 11.9. The molecule has 0 amide bonds. The highest BCUT2D eigenvalue weighted by molar-refractivity contribution is 5.91. The molecule has 0 aliphatic rings. The highest BCUT2D eigenvalue weighted by Gasteiger charge is 2.09. The van der Waals surface area contributed by atoms with Crippen LogP contribution in [0, 0.1) is 0 Å². The van der Waals surface area contributed by atoms with Gasteiger partial charge < -0.3 is 14.9 Å². The summed E-state index contributed by atoms with van der Waals surface area (Å²) >= 11 is 0. The van der Waals surface area contributed by atoms with Crippen LogP contribution in [-0.4, -0.2) is 23.3 Å². The Kier molecular flexibility index (Phi) is 5.71. The summed E-state index contributed by atoms with van der Waals surface area (Å²) in [6, 6.07) is 17.1. The Bertz CT molecular complexity index is 955. The fraction of sp³-hybridized carbons (Fsp3) is 0.0500. The Hall–Kier alpha value is -4.07. The van der Waals surface area contributed by atoms with Gasteiger partial charge >= 0.3 is 5.97 Å². The van der Waals surface area contributed by atoms with E-state index in [1.54, 1.807) is 30.3 Å². The molecule has 3 rings (SSSR count). The van der Waals surface area contributed by atoms with E-state index in [9.17, 15) is 15.0 Å². The summed E-state index contributed by atoms with van der Waals surface area (Å²) in [4.78, 5) is 11.9. The van der Waals surface area contributed by atoms with Crippen molar-refractivity contribution in [3.05, 3.63) is 72.3 Å². The Balaban J connectivity index is 1.91. The third-order valence-corrected chi connectivity index (χ3v) is 3.58. The van der Waals surface area contributed by atoms with E-state index in [2.05, 4.69) is 20.5 Å². The van der Waals surface area contributed by atoms with Crippen LogP contribution < -0.4 is 0 Å². The first kappa shape index (κ1) is 18.7. The number of aromatic hydroxyl groups is 2. The van der Waals surface area contributed by atoms with Gasteiger partial charge in [0.1, 0.15) is 11.5 Å². The summed E-state index contributed by atoms with van der Waals surface area (Å²) in [5.41, 5.74) is 2.10. The second-order valence-corrected chi connectivity index (χ2v) is 5.66. The molecule has 0 radical (unpaired) electrons. The first-order valence-electron chi connectivity index (χ1n) is 8.18. The lowest BCUT2D eigenvalue weighted by Gasteiger charge is -2.02. The molecule has 140 valence electrons. The predicted octanol–water partition coefficient (Wildman–Crippen LogP) is 5.72. The molecule has 0 saturated heterocycles. The minimum Gasteiger partial charge on any atom is -0.508 e. The first-order valence-corrected chi connectivity index (χ1v) is 8.18. The molecule has 0 aliphatic carbocycles. The molecule has 8 nitrogen and oxygen atoms in total. The van der Waals surface area contributed by atoms with E-state index in [-0.39, 0.29) is 17.1 Å². The van der Waals surface area contributed by atoms with Crippen molar-refractivity contribution >= 4 is 28.7 Å². The smallest absolute Gasteiger partial charge is 0.338 e. The number of hydrogen-bond acceptors (Lipinski definition) is 8. The molecular formula is C20H16N4O4. The first-order chi connectivity index (χ1) is 13.5. The Morgan fingerprint density at radius 2 is 1.07 bits per heavy atom. The zero-order valence-electron chi connectivity index (χ0n) is 14.9. The van der Waals surface area contributed by atoms with Crippen molar-refractivity contribution < 1.29 is 19.7 Å². The number of rotatable bonds is 5. The minimum atomic E-state index is -0.539. The Labute approximate surface area is 160 Å². The van der Waals surface area contributed by atoms with E-state index in [0.717, 1.165) is 0 Å². The zero-order chi connectivity index (χ0) is 19.9. The standard InChI is InChI=1S/C20H16N4O4/c1-28-20(27)13-10-16(23-21-14-2-6-18(25)7-3-14)12-17(11-13)24-22-15-4-8-19(26)9-5-15/h2-12,25-26H,1H3. The van der Waals surface area contributed by atoms with Crippen molar-refractivity contribution in [3.8, 4) is 11.5 Å². The molecule has 0 aromatic heterocycles. The number of carbonyl (C=O) groups is 1. The quantitative estimate of drug-likeness (QED) is 0.438. The summed E-state index contributed by atoms with van der Waals surface area (Å²) in [6.45, 7) is 0. The lowest BCUT2D eigenvalue weighted by molar-refractivity contribution is 0.0601. The fourth-order valence-corrected chi connectivity index (χ4v) is 2.22. The molecule has 3 aromatic carbocycles. The number of nitrogens with zero attached hydrogens (tertiary/aromatic N) is 4. The van der Waals surface area contributed by atoms with E-state index >= 15 is 0 Å². The summed E-state index contributed by atoms with van der Waals surface area (Å²) in [6.07, 6.45) is 0. The van der Waals surface area contributed by atoms with Gasteiger partial charge in [-0.15, -0.1) is 0 Å². The summed E-state index contributed by atoms with van der Waals surface area (Å²) in [5, 5.41) is 35.0. The average Bonchev–Trinajstić information content (AvgIpc) is 2.72. The van der Waals surface area contributed by atoms with Gasteiger partial charge in [0.25, 0.3) is 0 Å². The number of methoxy groups -OCH3 is 1. The van der Waals surface area contributed by atoms with Gasteiger partial charge in [-0.25, -0.2) is 4.79 Å². The lowest BCUT2D eigenvalue weighted by atomic mass is 10.2. The zero-order valence-corrected chi connectivity index (χ0v) is 14.9. The number of phenols is 2. The van der Waals surface area contributed by atoms with Gasteiger partial charge in [-0.1, -0.05) is 0 Å². The predicted molar refractivity (Wildman–Crippen MR) is 102 cm³/mol. The summed E-state index contributed by atoms with van der Waals surface area (Å²) < 4.78 is 4.76. The van der Waals surface area contributed by atoms with E-state index in [1.807, 2.05) is 0 Å². The normalized spacial score (nSPS) is 11.2. The molecule has 0 spiro atoms. The van der Waals surface area contributed by atoms with Crippen LogP contribution in [0.25, 0.3) is 0 Å². The van der Waals surface area contributed by atoms with Crippen molar-refractivity contribution in [1.82, 2.24) is 0 Å². The maximum absolute atomic E-state index is 11.9. The molecule has 28 heavy (non-hydrogen) atoms. The van der Waals surface area contributed by atoms with Crippen LogP contribution in [0.4, 0.5) is 22.7 Å². The minimum absolute atomic E-state index is 0.128. The monoisotopic (exact) mass is 376 g/mol. The van der Waals surface area contributed by atoms with Crippen LogP contribution in [0.3, 0.4) is 0 Å². The number of azo groups is 2. The lowest BCUT2D eigenvalue weighted by Crippen LogP contribution is -2.00. The van der Waals surface area contributed by atoms with Crippen molar-refractivity contribution in [1.29, 1.82) is 0 Å². The molecule has 0 saturated carbocycles. The van der Waals surface area contributed by atoms with E-state index in [1.165, 1.54) is 43.5 Å². The number of phenolic OH excluding ortho intramolecular Hbond substituents is 2. The second kappa shape index (κ2) is 8.54. The Morgan fingerprint density at radius 3 is 1.46 bits per heavy atom. The fourth-order valence-electron chi connectivity index (χ4n) is 2.22. The van der Waals surface area contributed by atoms with Crippen LogP contribution in [0.1, 0.15) is 10.4 Å². The molecule has 2 N–H and O–H groups in total. The largest absolute Gasteiger partial charge is 0.508 e. The van der Waals surface area contributed by atoms with Crippen LogP contribution in [-0.2, 0) is 4.74 Å². The van der Waals surface area contributed by atoms with Gasteiger partial charge in [-0.3, -0.25) is 0 Å². The van der Waals surface area contributed by atoms with Gasteiger partial charge in [-0.05, 0) is 66.7 Å². The number of ether oxygens (including phenoxy) is 1. The van der Waals surface area contributed by atoms with Gasteiger partial charge in [-0.2, -0.15) is 20.5 Å². The molecule has 0 aliphatic heterocycles. The topological polar surface area (TPSA) is 116 Å². The molecule has 0 fully saturated rings. The van der Waals surface area contributed by atoms with E-state index < -0.39 is 5.97 Å². The van der Waals surface area contributed by atoms with Gasteiger partial charge in [0.2, 0.25) is 0 Å². The van der Waals surface area contributed by atoms with Gasteiger partial charge in [0.05, 0.1) is 35.4 Å². The van der Waals surface area contributed by atoms with Crippen molar-refractivity contribution in [3.63, 3.8) is 0 Å². The highest BCUT2D eigenvalue weighted by Crippen LogP contribution is 2.28. The summed E-state index contributed by atoms with van der Waals surface area (Å²) in [5.74, 6) is -0.282. The van der Waals surface area contributed by atoms with Gasteiger partial charge in [0, 0.05) is 0 Å². The van der Waals surface area contributed by atoms with Crippen LogP contribution in [0.5, 0.6) is 11.5 Å². The van der Waals surface area contributed by atoms with Gasteiger partial charge in [0.15, 0.2) is 0 Å². The van der Waals surface area contributed by atoms with Crippen molar-refractivity contribution in [2.24, 2.45) is 20.5 Å². The number of hydrogen-bond donors (Lipinski definition) is 2. The number of benzene rings is 3. The second-order valence-electron chi connectivity index (χ2n) is 5.66. The Morgan fingerprint density at radius 1 is 0.679 bits per heavy atom. The van der Waals surface area contributed by atoms with Crippen LogP contribution in [0.15, 0.2) is 87.2 Å². The van der Waals surface area contributed by atoms with Crippen molar-refractivity contribution in [2.45, 2.75) is 0 Å². The molecule has 0 bridgehead atoms. The summed E-state index contributed by atoms with van der Waals surface area (Å²) in [7, 11) is 1.28. The SMILES string of the molecule is COC(=O)c1cc(N=Nc2ccc(O)cc2)cc(N=Nc2ccc(O)cc2)c1. The van der Waals surface area contributed by atoms with Crippen LogP contribution >= 0.6 is 0 Å². The number of esters is 1. The molecule has 0 heterocycles. The third-order valence-electron chi connectivity index (χ3n) is 3.58. The molecular weight excluding hydrogens is 360 g/mol. The third kappa shape index (κ3) is 4.98. The van der Waals surface area contributed by atoms with Crippen molar-refractivity contribution in [2.75, 3.05) is 7.11 Å². The molecule has 0 unspecified atom stereocenters. The molecule has 8 heteroatoms.